The van der Waals surface area contributed by atoms with Crippen molar-refractivity contribution in [2.45, 2.75) is 19.8 Å². The first-order valence-corrected chi connectivity index (χ1v) is 10.8. The van der Waals surface area contributed by atoms with Crippen molar-refractivity contribution in [3.63, 3.8) is 0 Å². The molecule has 1 fully saturated rings. The number of rotatable bonds is 5. The molecule has 4 aromatic rings. The summed E-state index contributed by atoms with van der Waals surface area (Å²) in [6.07, 6.45) is 4.04. The van der Waals surface area contributed by atoms with Gasteiger partial charge in [-0.25, -0.2) is 4.98 Å². The molecule has 3 aromatic carbocycles. The van der Waals surface area contributed by atoms with Gasteiger partial charge in [0.1, 0.15) is 11.6 Å². The summed E-state index contributed by atoms with van der Waals surface area (Å²) in [5.41, 5.74) is 4.07. The number of aromatic nitrogens is 2. The second-order valence-electron chi connectivity index (χ2n) is 8.76. The molecule has 0 aliphatic carbocycles. The Morgan fingerprint density at radius 1 is 0.871 bits per heavy atom. The minimum Gasteiger partial charge on any atom is -0.507 e. The number of aromatic hydroxyl groups is 1. The zero-order valence-corrected chi connectivity index (χ0v) is 17.8. The normalized spacial score (nSPS) is 18.4. The molecular formula is C27H27N3O. The van der Waals surface area contributed by atoms with Gasteiger partial charge in [-0.05, 0) is 48.2 Å². The summed E-state index contributed by atoms with van der Waals surface area (Å²) in [6.45, 7) is 4.42. The Bertz CT molecular complexity index is 1170. The zero-order valence-electron chi connectivity index (χ0n) is 17.8. The largest absolute Gasteiger partial charge is 0.507 e. The van der Waals surface area contributed by atoms with Gasteiger partial charge in [-0.1, -0.05) is 55.5 Å². The molecule has 1 aliphatic heterocycles. The third kappa shape index (κ3) is 3.93. The van der Waals surface area contributed by atoms with Gasteiger partial charge in [-0.2, -0.15) is 0 Å². The smallest absolute Gasteiger partial charge is 0.125 e. The molecule has 156 valence electrons. The van der Waals surface area contributed by atoms with Crippen molar-refractivity contribution in [1.29, 1.82) is 0 Å². The number of imidazole rings is 1. The van der Waals surface area contributed by atoms with Crippen LogP contribution in [0.3, 0.4) is 0 Å². The number of phenols is 1. The first-order chi connectivity index (χ1) is 15.1. The highest BCUT2D eigenvalue weighted by atomic mass is 16.3. The van der Waals surface area contributed by atoms with E-state index in [1.54, 1.807) is 6.07 Å². The van der Waals surface area contributed by atoms with E-state index in [4.69, 9.17) is 4.98 Å². The molecule has 0 amide bonds. The highest BCUT2D eigenvalue weighted by Gasteiger charge is 2.35. The highest BCUT2D eigenvalue weighted by Crippen LogP contribution is 2.37. The maximum absolute atomic E-state index is 10.4. The predicted molar refractivity (Wildman–Crippen MR) is 126 cm³/mol. The van der Waals surface area contributed by atoms with Crippen LogP contribution in [0.5, 0.6) is 5.75 Å². The monoisotopic (exact) mass is 409 g/mol. The van der Waals surface area contributed by atoms with Crippen LogP contribution in [-0.2, 0) is 6.42 Å². The van der Waals surface area contributed by atoms with Crippen molar-refractivity contribution < 1.29 is 5.11 Å². The number of benzene rings is 3. The molecule has 0 saturated carbocycles. The maximum Gasteiger partial charge on any atom is 0.125 e. The lowest BCUT2D eigenvalue weighted by atomic mass is 9.85. The molecule has 0 bridgehead atoms. The quantitative estimate of drug-likeness (QED) is 0.459. The lowest BCUT2D eigenvalue weighted by Crippen LogP contribution is -2.27. The molecule has 0 spiro atoms. The van der Waals surface area contributed by atoms with E-state index in [1.807, 2.05) is 42.6 Å². The Labute approximate surface area is 183 Å². The number of para-hydroxylation sites is 3. The Morgan fingerprint density at radius 3 is 2.23 bits per heavy atom. The molecule has 31 heavy (non-hydrogen) atoms. The molecule has 1 unspecified atom stereocenters. The molecule has 0 radical (unpaired) electrons. The lowest BCUT2D eigenvalue weighted by molar-refractivity contribution is 0.357. The molecule has 1 saturated heterocycles. The molecule has 1 aliphatic rings. The van der Waals surface area contributed by atoms with Crippen molar-refractivity contribution in [2.75, 3.05) is 18.0 Å². The van der Waals surface area contributed by atoms with Gasteiger partial charge >= 0.3 is 0 Å². The fourth-order valence-electron chi connectivity index (χ4n) is 4.58. The van der Waals surface area contributed by atoms with Gasteiger partial charge in [0, 0.05) is 42.6 Å². The van der Waals surface area contributed by atoms with E-state index in [0.717, 1.165) is 48.7 Å². The van der Waals surface area contributed by atoms with Gasteiger partial charge in [-0.15, -0.1) is 0 Å². The van der Waals surface area contributed by atoms with E-state index in [-0.39, 0.29) is 11.2 Å². The summed E-state index contributed by atoms with van der Waals surface area (Å²) in [5.74, 6) is 1.29. The van der Waals surface area contributed by atoms with Crippen molar-refractivity contribution in [3.8, 4) is 22.7 Å². The number of hydrogen-bond donors (Lipinski definition) is 1. The summed E-state index contributed by atoms with van der Waals surface area (Å²) in [5, 5.41) is 10.4. The third-order valence-electron chi connectivity index (χ3n) is 6.26. The number of nitrogens with zero attached hydrogens (tertiary/aromatic N) is 3. The number of hydrogen-bond acceptors (Lipinski definition) is 3. The predicted octanol–water partition coefficient (Wildman–Crippen LogP) is 5.70. The highest BCUT2D eigenvalue weighted by molar-refractivity contribution is 5.67. The molecule has 4 nitrogen and oxygen atoms in total. The van der Waals surface area contributed by atoms with Gasteiger partial charge in [0.15, 0.2) is 0 Å². The summed E-state index contributed by atoms with van der Waals surface area (Å²) in [4.78, 5) is 7.48. The second kappa shape index (κ2) is 7.95. The molecule has 4 heteroatoms. The number of phenolic OH excluding ortho intramolecular Hbond substituents is 1. The summed E-state index contributed by atoms with van der Waals surface area (Å²) < 4.78 is 2.18. The molecule has 1 atom stereocenters. The summed E-state index contributed by atoms with van der Waals surface area (Å²) in [6, 6.07) is 28.4. The van der Waals surface area contributed by atoms with E-state index in [1.165, 1.54) is 5.69 Å². The van der Waals surface area contributed by atoms with Gasteiger partial charge in [0.05, 0.1) is 5.69 Å². The Kier molecular flexibility index (Phi) is 4.99. The maximum atomic E-state index is 10.4. The van der Waals surface area contributed by atoms with Crippen LogP contribution in [0.1, 0.15) is 19.2 Å². The van der Waals surface area contributed by atoms with Gasteiger partial charge in [0.25, 0.3) is 0 Å². The lowest BCUT2D eigenvalue weighted by Gasteiger charge is -2.25. The topological polar surface area (TPSA) is 41.3 Å². The van der Waals surface area contributed by atoms with E-state index in [9.17, 15) is 5.11 Å². The minimum atomic E-state index is 0.129. The molecular weight excluding hydrogens is 382 g/mol. The fraction of sp³-hybridized carbons (Fsp3) is 0.222. The van der Waals surface area contributed by atoms with Crippen LogP contribution in [-0.4, -0.2) is 27.7 Å². The van der Waals surface area contributed by atoms with Crippen LogP contribution in [0.25, 0.3) is 16.9 Å². The average Bonchev–Trinajstić information content (AvgIpc) is 3.39. The number of anilines is 1. The van der Waals surface area contributed by atoms with Crippen LogP contribution >= 0.6 is 0 Å². The van der Waals surface area contributed by atoms with E-state index < -0.39 is 0 Å². The summed E-state index contributed by atoms with van der Waals surface area (Å²) in [7, 11) is 0. The van der Waals surface area contributed by atoms with Crippen molar-refractivity contribution in [1.82, 2.24) is 9.55 Å². The van der Waals surface area contributed by atoms with Gasteiger partial charge < -0.3 is 14.6 Å². The van der Waals surface area contributed by atoms with E-state index in [0.29, 0.717) is 0 Å². The zero-order chi connectivity index (χ0) is 21.3. The molecule has 5 rings (SSSR count). The Morgan fingerprint density at radius 2 is 1.52 bits per heavy atom. The fourth-order valence-corrected chi connectivity index (χ4v) is 4.58. The van der Waals surface area contributed by atoms with Gasteiger partial charge in [0.2, 0.25) is 0 Å². The first-order valence-electron chi connectivity index (χ1n) is 10.8. The van der Waals surface area contributed by atoms with Crippen LogP contribution in [0.15, 0.2) is 91.1 Å². The van der Waals surface area contributed by atoms with Crippen molar-refractivity contribution >= 4 is 5.69 Å². The average molecular weight is 410 g/mol. The van der Waals surface area contributed by atoms with Crippen LogP contribution in [0, 0.1) is 5.41 Å². The third-order valence-corrected chi connectivity index (χ3v) is 6.26. The first kappa shape index (κ1) is 19.4. The molecule has 2 heterocycles. The van der Waals surface area contributed by atoms with E-state index in [2.05, 4.69) is 58.9 Å². The SMILES string of the molecule is CC1(Cc2nc(-c3ccccc3O)cn2-c2ccccc2)CCN(c2ccccc2)C1. The van der Waals surface area contributed by atoms with Crippen LogP contribution in [0.2, 0.25) is 0 Å². The van der Waals surface area contributed by atoms with Crippen molar-refractivity contribution in [3.05, 3.63) is 97.0 Å². The van der Waals surface area contributed by atoms with Crippen LogP contribution in [0.4, 0.5) is 5.69 Å². The standard InChI is InChI=1S/C27H27N3O/c1-27(16-17-29(20-27)21-10-4-2-5-11-21)18-26-28-24(23-14-8-9-15-25(23)31)19-30(26)22-12-6-3-7-13-22/h2-15,19,31H,16-18,20H2,1H3. The minimum absolute atomic E-state index is 0.129. The Hall–Kier alpha value is -3.53. The molecule has 1 aromatic heterocycles. The van der Waals surface area contributed by atoms with Crippen LogP contribution < -0.4 is 4.90 Å². The van der Waals surface area contributed by atoms with Crippen molar-refractivity contribution in [2.24, 2.45) is 5.41 Å². The van der Waals surface area contributed by atoms with Gasteiger partial charge in [-0.3, -0.25) is 0 Å². The second-order valence-corrected chi connectivity index (χ2v) is 8.76. The Balaban J connectivity index is 1.49. The van der Waals surface area contributed by atoms with E-state index >= 15 is 0 Å². The summed E-state index contributed by atoms with van der Waals surface area (Å²) >= 11 is 0. The molecule has 1 N–H and O–H groups in total.